The average molecular weight is 305 g/mol. The number of carbonyl (C=O) groups is 2. The summed E-state index contributed by atoms with van der Waals surface area (Å²) in [7, 11) is 0. The fourth-order valence-corrected chi connectivity index (χ4v) is 2.14. The molecule has 1 rings (SSSR count). The summed E-state index contributed by atoms with van der Waals surface area (Å²) >= 11 is 0. The van der Waals surface area contributed by atoms with E-state index in [1.54, 1.807) is 31.2 Å². The zero-order valence-electron chi connectivity index (χ0n) is 13.7. The molecule has 0 saturated heterocycles. The first-order valence-corrected chi connectivity index (χ1v) is 8.27. The summed E-state index contributed by atoms with van der Waals surface area (Å²) in [6.07, 6.45) is 7.40. The highest BCUT2D eigenvalue weighted by atomic mass is 16.5. The Morgan fingerprint density at radius 2 is 1.68 bits per heavy atom. The van der Waals surface area contributed by atoms with Crippen molar-refractivity contribution in [3.63, 3.8) is 0 Å². The van der Waals surface area contributed by atoms with Crippen molar-refractivity contribution in [3.05, 3.63) is 29.8 Å². The molecular formula is C18H27NO3. The van der Waals surface area contributed by atoms with Crippen LogP contribution in [0.1, 0.15) is 69.2 Å². The van der Waals surface area contributed by atoms with E-state index in [1.807, 2.05) is 0 Å². The maximum absolute atomic E-state index is 12.2. The molecule has 0 atom stereocenters. The van der Waals surface area contributed by atoms with Crippen molar-refractivity contribution in [2.24, 2.45) is 0 Å². The number of hydrogen-bond acceptors (Lipinski definition) is 3. The van der Waals surface area contributed by atoms with Crippen LogP contribution in [0.25, 0.3) is 0 Å². The van der Waals surface area contributed by atoms with Gasteiger partial charge in [-0.15, -0.1) is 0 Å². The number of nitrogens with one attached hydrogen (secondary N) is 1. The van der Waals surface area contributed by atoms with E-state index >= 15 is 0 Å². The Kier molecular flexibility index (Phi) is 8.96. The Morgan fingerprint density at radius 3 is 2.41 bits per heavy atom. The van der Waals surface area contributed by atoms with Crippen LogP contribution >= 0.6 is 0 Å². The summed E-state index contributed by atoms with van der Waals surface area (Å²) in [5.41, 5.74) is 0.412. The number of amides is 1. The zero-order chi connectivity index (χ0) is 16.2. The van der Waals surface area contributed by atoms with Crippen LogP contribution in [0.15, 0.2) is 24.3 Å². The van der Waals surface area contributed by atoms with Crippen LogP contribution in [0.2, 0.25) is 0 Å². The topological polar surface area (TPSA) is 55.4 Å². The molecular weight excluding hydrogens is 278 g/mol. The number of para-hydroxylation sites is 1. The lowest BCUT2D eigenvalue weighted by molar-refractivity contribution is -0.134. The van der Waals surface area contributed by atoms with E-state index in [4.69, 9.17) is 4.74 Å². The number of unbranched alkanes of at least 4 members (excludes halogenated alkanes) is 5. The summed E-state index contributed by atoms with van der Waals surface area (Å²) in [5.74, 6) is -0.195. The van der Waals surface area contributed by atoms with Gasteiger partial charge in [0.15, 0.2) is 0 Å². The van der Waals surface area contributed by atoms with Gasteiger partial charge >= 0.3 is 5.97 Å². The smallest absolute Gasteiger partial charge is 0.310 e. The van der Waals surface area contributed by atoms with E-state index in [0.717, 1.165) is 12.8 Å². The number of ether oxygens (including phenoxy) is 1. The van der Waals surface area contributed by atoms with Gasteiger partial charge in [-0.3, -0.25) is 9.59 Å². The number of carbonyl (C=O) groups excluding carboxylic acids is 2. The molecule has 0 spiro atoms. The Hall–Kier alpha value is -1.84. The van der Waals surface area contributed by atoms with Crippen molar-refractivity contribution in [1.29, 1.82) is 0 Å². The highest BCUT2D eigenvalue weighted by molar-refractivity contribution is 5.97. The van der Waals surface area contributed by atoms with Gasteiger partial charge in [0, 0.05) is 13.0 Å². The summed E-state index contributed by atoms with van der Waals surface area (Å²) in [4.78, 5) is 23.6. The minimum Gasteiger partial charge on any atom is -0.426 e. The molecule has 122 valence electrons. The van der Waals surface area contributed by atoms with E-state index in [-0.39, 0.29) is 18.3 Å². The van der Waals surface area contributed by atoms with Gasteiger partial charge in [0.2, 0.25) is 0 Å². The lowest BCUT2D eigenvalue weighted by atomic mass is 10.1. The van der Waals surface area contributed by atoms with E-state index in [2.05, 4.69) is 12.2 Å². The molecule has 22 heavy (non-hydrogen) atoms. The van der Waals surface area contributed by atoms with Crippen LogP contribution in [-0.2, 0) is 4.79 Å². The Balaban J connectivity index is 2.40. The normalized spacial score (nSPS) is 10.3. The van der Waals surface area contributed by atoms with Crippen LogP contribution in [0.3, 0.4) is 0 Å². The zero-order valence-corrected chi connectivity index (χ0v) is 13.7. The molecule has 4 nitrogen and oxygen atoms in total. The second kappa shape index (κ2) is 10.8. The first kappa shape index (κ1) is 18.2. The van der Waals surface area contributed by atoms with Crippen LogP contribution in [0.5, 0.6) is 5.75 Å². The molecule has 4 heteroatoms. The SMILES string of the molecule is CCCCCCCCNC(=O)c1ccccc1OC(=O)CC. The molecule has 1 N–H and O–H groups in total. The Labute approximate surface area is 133 Å². The molecule has 1 aromatic carbocycles. The van der Waals surface area contributed by atoms with Gasteiger partial charge < -0.3 is 10.1 Å². The summed E-state index contributed by atoms with van der Waals surface area (Å²) in [6.45, 7) is 4.58. The Bertz CT molecular complexity index is 471. The van der Waals surface area contributed by atoms with Crippen molar-refractivity contribution in [2.75, 3.05) is 6.54 Å². The standard InChI is InChI=1S/C18H27NO3/c1-3-5-6-7-8-11-14-19-18(21)15-12-9-10-13-16(15)22-17(20)4-2/h9-10,12-13H,3-8,11,14H2,1-2H3,(H,19,21). The molecule has 0 aliphatic rings. The minimum absolute atomic E-state index is 0.187. The lowest BCUT2D eigenvalue weighted by Crippen LogP contribution is -2.25. The van der Waals surface area contributed by atoms with Crippen molar-refractivity contribution in [2.45, 2.75) is 58.8 Å². The van der Waals surface area contributed by atoms with E-state index < -0.39 is 0 Å². The summed E-state index contributed by atoms with van der Waals surface area (Å²) < 4.78 is 5.19. The molecule has 0 radical (unpaired) electrons. The third-order valence-electron chi connectivity index (χ3n) is 3.46. The van der Waals surface area contributed by atoms with Crippen molar-refractivity contribution in [1.82, 2.24) is 5.32 Å². The lowest BCUT2D eigenvalue weighted by Gasteiger charge is -2.10. The van der Waals surface area contributed by atoms with Crippen LogP contribution in [-0.4, -0.2) is 18.4 Å². The predicted molar refractivity (Wildman–Crippen MR) is 88.1 cm³/mol. The van der Waals surface area contributed by atoms with Gasteiger partial charge in [0.05, 0.1) is 5.56 Å². The molecule has 0 aliphatic heterocycles. The third kappa shape index (κ3) is 6.74. The molecule has 0 aromatic heterocycles. The predicted octanol–water partition coefficient (Wildman–Crippen LogP) is 4.09. The molecule has 0 bridgehead atoms. The largest absolute Gasteiger partial charge is 0.426 e. The number of esters is 1. The second-order valence-electron chi connectivity index (χ2n) is 5.35. The average Bonchev–Trinajstić information content (AvgIpc) is 2.54. The van der Waals surface area contributed by atoms with Crippen LogP contribution < -0.4 is 10.1 Å². The first-order chi connectivity index (χ1) is 10.7. The highest BCUT2D eigenvalue weighted by Crippen LogP contribution is 2.18. The number of benzene rings is 1. The quantitative estimate of drug-likeness (QED) is 0.402. The number of hydrogen-bond donors (Lipinski definition) is 1. The third-order valence-corrected chi connectivity index (χ3v) is 3.46. The van der Waals surface area contributed by atoms with Crippen molar-refractivity contribution in [3.8, 4) is 5.75 Å². The molecule has 1 amide bonds. The van der Waals surface area contributed by atoms with E-state index in [9.17, 15) is 9.59 Å². The van der Waals surface area contributed by atoms with Gasteiger partial charge in [-0.25, -0.2) is 0 Å². The molecule has 0 fully saturated rings. The fourth-order valence-electron chi connectivity index (χ4n) is 2.14. The molecule has 0 heterocycles. The second-order valence-corrected chi connectivity index (χ2v) is 5.35. The van der Waals surface area contributed by atoms with Gasteiger partial charge in [0.25, 0.3) is 5.91 Å². The van der Waals surface area contributed by atoms with Gasteiger partial charge in [-0.05, 0) is 18.6 Å². The first-order valence-electron chi connectivity index (χ1n) is 8.27. The van der Waals surface area contributed by atoms with E-state index in [1.165, 1.54) is 25.7 Å². The number of rotatable bonds is 10. The molecule has 1 aromatic rings. The van der Waals surface area contributed by atoms with Crippen LogP contribution in [0.4, 0.5) is 0 Å². The maximum atomic E-state index is 12.2. The summed E-state index contributed by atoms with van der Waals surface area (Å²) in [6, 6.07) is 6.84. The van der Waals surface area contributed by atoms with Crippen molar-refractivity contribution < 1.29 is 14.3 Å². The molecule has 0 unspecified atom stereocenters. The Morgan fingerprint density at radius 1 is 1.00 bits per heavy atom. The van der Waals surface area contributed by atoms with Gasteiger partial charge in [-0.1, -0.05) is 58.1 Å². The fraction of sp³-hybridized carbons (Fsp3) is 0.556. The van der Waals surface area contributed by atoms with Gasteiger partial charge in [-0.2, -0.15) is 0 Å². The van der Waals surface area contributed by atoms with E-state index in [0.29, 0.717) is 17.9 Å². The van der Waals surface area contributed by atoms with Gasteiger partial charge in [0.1, 0.15) is 5.75 Å². The molecule has 0 aliphatic carbocycles. The monoisotopic (exact) mass is 305 g/mol. The van der Waals surface area contributed by atoms with Crippen LogP contribution in [0, 0.1) is 0 Å². The highest BCUT2D eigenvalue weighted by Gasteiger charge is 2.13. The molecule has 0 saturated carbocycles. The maximum Gasteiger partial charge on any atom is 0.310 e. The van der Waals surface area contributed by atoms with Crippen molar-refractivity contribution >= 4 is 11.9 Å². The minimum atomic E-state index is -0.337. The summed E-state index contributed by atoms with van der Waals surface area (Å²) in [5, 5.41) is 2.89.